The molecule has 0 spiro atoms. The van der Waals surface area contributed by atoms with Gasteiger partial charge in [-0.3, -0.25) is 4.79 Å². The Bertz CT molecular complexity index is 1000. The molecule has 8 heteroatoms. The van der Waals surface area contributed by atoms with Gasteiger partial charge in [-0.2, -0.15) is 4.31 Å². The normalized spacial score (nSPS) is 15.4. The standard InChI is InChI=1S/C22H27ClN2O4S/c1-16-10-12-25(13-11-16)22(26)20-14-19(8-9-21(20)29-3)30(27,28)24(2)15-17-4-6-18(23)7-5-17/h4-9,14,16H,10-13,15H2,1-3H3. The number of ether oxygens (including phenoxy) is 1. The van der Waals surface area contributed by atoms with E-state index in [0.717, 1.165) is 18.4 Å². The van der Waals surface area contributed by atoms with Gasteiger partial charge in [0.05, 0.1) is 17.6 Å². The van der Waals surface area contributed by atoms with Crippen molar-refractivity contribution in [3.05, 3.63) is 58.6 Å². The molecule has 162 valence electrons. The van der Waals surface area contributed by atoms with Crippen LogP contribution in [0.3, 0.4) is 0 Å². The second-order valence-electron chi connectivity index (χ2n) is 7.72. The summed E-state index contributed by atoms with van der Waals surface area (Å²) in [5, 5.41) is 0.592. The summed E-state index contributed by atoms with van der Waals surface area (Å²) in [5.41, 5.74) is 1.09. The first-order chi connectivity index (χ1) is 14.2. The van der Waals surface area contributed by atoms with E-state index in [9.17, 15) is 13.2 Å². The zero-order valence-corrected chi connectivity index (χ0v) is 19.0. The molecule has 0 atom stereocenters. The lowest BCUT2D eigenvalue weighted by Gasteiger charge is -2.30. The van der Waals surface area contributed by atoms with Gasteiger partial charge in [-0.1, -0.05) is 30.7 Å². The largest absolute Gasteiger partial charge is 0.496 e. The third kappa shape index (κ3) is 4.96. The molecule has 2 aromatic carbocycles. The zero-order valence-electron chi connectivity index (χ0n) is 17.5. The van der Waals surface area contributed by atoms with Gasteiger partial charge in [-0.05, 0) is 54.7 Å². The monoisotopic (exact) mass is 450 g/mol. The van der Waals surface area contributed by atoms with Gasteiger partial charge in [0.25, 0.3) is 5.91 Å². The topological polar surface area (TPSA) is 66.9 Å². The van der Waals surface area contributed by atoms with E-state index in [1.165, 1.54) is 30.6 Å². The van der Waals surface area contributed by atoms with Gasteiger partial charge in [0.1, 0.15) is 5.75 Å². The Balaban J connectivity index is 1.86. The smallest absolute Gasteiger partial charge is 0.257 e. The lowest BCUT2D eigenvalue weighted by atomic mass is 9.98. The number of piperidine rings is 1. The fourth-order valence-electron chi connectivity index (χ4n) is 3.51. The SMILES string of the molecule is COc1ccc(S(=O)(=O)N(C)Cc2ccc(Cl)cc2)cc1C(=O)N1CCC(C)CC1. The molecule has 1 fully saturated rings. The summed E-state index contributed by atoms with van der Waals surface area (Å²) in [6.45, 7) is 3.69. The van der Waals surface area contributed by atoms with Crippen molar-refractivity contribution >= 4 is 27.5 Å². The van der Waals surface area contributed by atoms with Gasteiger partial charge < -0.3 is 9.64 Å². The number of benzene rings is 2. The number of hydrogen-bond donors (Lipinski definition) is 0. The quantitative estimate of drug-likeness (QED) is 0.666. The number of amides is 1. The number of sulfonamides is 1. The van der Waals surface area contributed by atoms with Crippen LogP contribution in [0.25, 0.3) is 0 Å². The molecule has 1 aliphatic rings. The second-order valence-corrected chi connectivity index (χ2v) is 10.2. The molecule has 1 saturated heterocycles. The van der Waals surface area contributed by atoms with Crippen LogP contribution in [0.2, 0.25) is 5.02 Å². The Kier molecular flexibility index (Phi) is 7.06. The molecule has 0 saturated carbocycles. The minimum Gasteiger partial charge on any atom is -0.496 e. The maximum atomic E-state index is 13.1. The summed E-state index contributed by atoms with van der Waals surface area (Å²) in [6, 6.07) is 11.5. The first-order valence-corrected chi connectivity index (χ1v) is 11.7. The highest BCUT2D eigenvalue weighted by Gasteiger charge is 2.27. The molecular weight excluding hydrogens is 424 g/mol. The maximum absolute atomic E-state index is 13.1. The van der Waals surface area contributed by atoms with Crippen LogP contribution in [-0.4, -0.2) is 50.8 Å². The zero-order chi connectivity index (χ0) is 21.9. The molecule has 0 N–H and O–H groups in total. The minimum absolute atomic E-state index is 0.0634. The lowest BCUT2D eigenvalue weighted by molar-refractivity contribution is 0.0693. The van der Waals surface area contributed by atoms with Crippen LogP contribution in [0, 0.1) is 5.92 Å². The Hall–Kier alpha value is -2.09. The molecule has 1 heterocycles. The first-order valence-electron chi connectivity index (χ1n) is 9.90. The molecule has 3 rings (SSSR count). The molecule has 1 amide bonds. The second kappa shape index (κ2) is 9.37. The van der Waals surface area contributed by atoms with E-state index in [1.807, 2.05) is 0 Å². The molecule has 2 aromatic rings. The summed E-state index contributed by atoms with van der Waals surface area (Å²) in [4.78, 5) is 14.9. The van der Waals surface area contributed by atoms with E-state index in [-0.39, 0.29) is 22.9 Å². The summed E-state index contributed by atoms with van der Waals surface area (Å²) in [6.07, 6.45) is 1.88. The van der Waals surface area contributed by atoms with Crippen LogP contribution in [0.1, 0.15) is 35.7 Å². The van der Waals surface area contributed by atoms with Crippen LogP contribution in [0.15, 0.2) is 47.4 Å². The summed E-state index contributed by atoms with van der Waals surface area (Å²) >= 11 is 5.90. The molecule has 0 radical (unpaired) electrons. The van der Waals surface area contributed by atoms with Crippen LogP contribution in [0.4, 0.5) is 0 Å². The van der Waals surface area contributed by atoms with Crippen molar-refractivity contribution < 1.29 is 17.9 Å². The Labute approximate surface area is 183 Å². The maximum Gasteiger partial charge on any atom is 0.257 e. The third-order valence-corrected chi connectivity index (χ3v) is 7.55. The highest BCUT2D eigenvalue weighted by atomic mass is 35.5. The van der Waals surface area contributed by atoms with Crippen molar-refractivity contribution in [3.63, 3.8) is 0 Å². The number of halogens is 1. The summed E-state index contributed by atoms with van der Waals surface area (Å²) in [5.74, 6) is 0.762. The third-order valence-electron chi connectivity index (χ3n) is 5.50. The molecule has 1 aliphatic heterocycles. The van der Waals surface area contributed by atoms with E-state index in [4.69, 9.17) is 16.3 Å². The van der Waals surface area contributed by atoms with E-state index >= 15 is 0 Å². The number of likely N-dealkylation sites (tertiary alicyclic amines) is 1. The van der Waals surface area contributed by atoms with Gasteiger partial charge in [0, 0.05) is 31.7 Å². The van der Waals surface area contributed by atoms with Gasteiger partial charge in [0.2, 0.25) is 10.0 Å². The molecule has 0 aromatic heterocycles. The van der Waals surface area contributed by atoms with Crippen LogP contribution in [-0.2, 0) is 16.6 Å². The van der Waals surface area contributed by atoms with E-state index < -0.39 is 10.0 Å². The highest BCUT2D eigenvalue weighted by Crippen LogP contribution is 2.28. The van der Waals surface area contributed by atoms with Crippen molar-refractivity contribution in [2.24, 2.45) is 5.92 Å². The number of hydrogen-bond acceptors (Lipinski definition) is 4. The number of carbonyl (C=O) groups excluding carboxylic acids is 1. The highest BCUT2D eigenvalue weighted by molar-refractivity contribution is 7.89. The minimum atomic E-state index is -3.79. The fraction of sp³-hybridized carbons (Fsp3) is 0.409. The lowest BCUT2D eigenvalue weighted by Crippen LogP contribution is -2.38. The number of carbonyl (C=O) groups is 1. The Morgan fingerprint density at radius 1 is 1.17 bits per heavy atom. The van der Waals surface area contributed by atoms with E-state index in [1.54, 1.807) is 35.2 Å². The molecule has 30 heavy (non-hydrogen) atoms. The number of nitrogens with zero attached hydrogens (tertiary/aromatic N) is 2. The number of rotatable bonds is 6. The predicted octanol–water partition coefficient (Wildman–Crippen LogP) is 4.04. The van der Waals surface area contributed by atoms with Crippen molar-refractivity contribution in [2.75, 3.05) is 27.2 Å². The first kappa shape index (κ1) is 22.6. The molecular formula is C22H27ClN2O4S. The molecule has 0 unspecified atom stereocenters. The predicted molar refractivity (Wildman–Crippen MR) is 117 cm³/mol. The van der Waals surface area contributed by atoms with Crippen molar-refractivity contribution in [3.8, 4) is 5.75 Å². The van der Waals surface area contributed by atoms with Crippen LogP contribution in [0.5, 0.6) is 5.75 Å². The van der Waals surface area contributed by atoms with E-state index in [0.29, 0.717) is 29.8 Å². The van der Waals surface area contributed by atoms with Crippen LogP contribution < -0.4 is 4.74 Å². The van der Waals surface area contributed by atoms with Crippen molar-refractivity contribution in [2.45, 2.75) is 31.2 Å². The van der Waals surface area contributed by atoms with Crippen molar-refractivity contribution in [1.82, 2.24) is 9.21 Å². The average molecular weight is 451 g/mol. The van der Waals surface area contributed by atoms with Gasteiger partial charge in [-0.25, -0.2) is 8.42 Å². The summed E-state index contributed by atoms with van der Waals surface area (Å²) < 4.78 is 32.9. The van der Waals surface area contributed by atoms with E-state index in [2.05, 4.69) is 6.92 Å². The molecule has 0 bridgehead atoms. The Morgan fingerprint density at radius 3 is 2.40 bits per heavy atom. The molecule has 0 aliphatic carbocycles. The van der Waals surface area contributed by atoms with Gasteiger partial charge in [-0.15, -0.1) is 0 Å². The Morgan fingerprint density at radius 2 is 1.80 bits per heavy atom. The fourth-order valence-corrected chi connectivity index (χ4v) is 4.82. The van der Waals surface area contributed by atoms with Gasteiger partial charge in [0.15, 0.2) is 0 Å². The summed E-state index contributed by atoms with van der Waals surface area (Å²) in [7, 11) is -0.801. The average Bonchev–Trinajstić information content (AvgIpc) is 2.74. The van der Waals surface area contributed by atoms with Crippen LogP contribution >= 0.6 is 11.6 Å². The van der Waals surface area contributed by atoms with Gasteiger partial charge >= 0.3 is 0 Å². The van der Waals surface area contributed by atoms with Crippen molar-refractivity contribution in [1.29, 1.82) is 0 Å². The molecule has 6 nitrogen and oxygen atoms in total. The number of methoxy groups -OCH3 is 1.